The summed E-state index contributed by atoms with van der Waals surface area (Å²) in [5.74, 6) is 0.590. The Morgan fingerprint density at radius 2 is 1.68 bits per heavy atom. The highest BCUT2D eigenvalue weighted by Gasteiger charge is 2.45. The third kappa shape index (κ3) is 1.53. The lowest BCUT2D eigenvalue weighted by atomic mass is 9.87. The van der Waals surface area contributed by atoms with Gasteiger partial charge in [-0.3, -0.25) is 4.79 Å². The molecule has 0 bridgehead atoms. The number of hydrogen-bond acceptors (Lipinski definition) is 1. The molecule has 0 N–H and O–H groups in total. The molecular formula is C17H15NO. The van der Waals surface area contributed by atoms with Gasteiger partial charge in [0.05, 0.1) is 6.04 Å². The van der Waals surface area contributed by atoms with Gasteiger partial charge in [-0.15, -0.1) is 0 Å². The molecule has 2 heteroatoms. The first-order valence-corrected chi connectivity index (χ1v) is 6.77. The second-order valence-corrected chi connectivity index (χ2v) is 5.39. The minimum atomic E-state index is 0.242. The Hall–Kier alpha value is -2.09. The SMILES string of the molecule is O=C1C[C@@H](c2ccccc2)[C@@H]2c3ccccc3CN12. The number of rotatable bonds is 1. The maximum absolute atomic E-state index is 12.2. The number of carbonyl (C=O) groups excluding carboxylic acids is 1. The van der Waals surface area contributed by atoms with Crippen LogP contribution >= 0.6 is 0 Å². The fourth-order valence-electron chi connectivity index (χ4n) is 3.51. The molecule has 2 aromatic rings. The molecule has 0 aliphatic carbocycles. The van der Waals surface area contributed by atoms with Crippen molar-refractivity contribution in [2.75, 3.05) is 0 Å². The molecule has 0 unspecified atom stereocenters. The second-order valence-electron chi connectivity index (χ2n) is 5.39. The van der Waals surface area contributed by atoms with E-state index in [4.69, 9.17) is 0 Å². The van der Waals surface area contributed by atoms with Crippen molar-refractivity contribution in [2.24, 2.45) is 0 Å². The molecule has 2 aromatic carbocycles. The average molecular weight is 249 g/mol. The van der Waals surface area contributed by atoms with E-state index in [2.05, 4.69) is 48.5 Å². The lowest BCUT2D eigenvalue weighted by Crippen LogP contribution is -2.21. The minimum Gasteiger partial charge on any atom is -0.331 e. The third-order valence-corrected chi connectivity index (χ3v) is 4.37. The zero-order valence-corrected chi connectivity index (χ0v) is 10.6. The van der Waals surface area contributed by atoms with Crippen LogP contribution in [-0.4, -0.2) is 10.8 Å². The fourth-order valence-corrected chi connectivity index (χ4v) is 3.51. The summed E-state index contributed by atoms with van der Waals surface area (Å²) < 4.78 is 0. The summed E-state index contributed by atoms with van der Waals surface area (Å²) in [5, 5.41) is 0. The first-order valence-electron chi connectivity index (χ1n) is 6.77. The van der Waals surface area contributed by atoms with E-state index < -0.39 is 0 Å². The Kier molecular flexibility index (Phi) is 2.25. The lowest BCUT2D eigenvalue weighted by Gasteiger charge is -2.21. The number of nitrogens with zero attached hydrogens (tertiary/aromatic N) is 1. The summed E-state index contributed by atoms with van der Waals surface area (Å²) in [6, 6.07) is 19.1. The number of hydrogen-bond donors (Lipinski definition) is 0. The molecule has 2 atom stereocenters. The van der Waals surface area contributed by atoms with Gasteiger partial charge >= 0.3 is 0 Å². The third-order valence-electron chi connectivity index (χ3n) is 4.37. The van der Waals surface area contributed by atoms with E-state index >= 15 is 0 Å². The van der Waals surface area contributed by atoms with E-state index in [0.717, 1.165) is 6.54 Å². The van der Waals surface area contributed by atoms with Gasteiger partial charge in [0, 0.05) is 18.9 Å². The van der Waals surface area contributed by atoms with Crippen LogP contribution in [0.25, 0.3) is 0 Å². The topological polar surface area (TPSA) is 20.3 Å². The number of fused-ring (bicyclic) bond motifs is 3. The fraction of sp³-hybridized carbons (Fsp3) is 0.235. The van der Waals surface area contributed by atoms with E-state index in [1.54, 1.807) is 0 Å². The number of benzene rings is 2. The van der Waals surface area contributed by atoms with Gasteiger partial charge in [-0.2, -0.15) is 0 Å². The molecule has 2 heterocycles. The van der Waals surface area contributed by atoms with Crippen molar-refractivity contribution in [1.29, 1.82) is 0 Å². The molecule has 0 saturated carbocycles. The van der Waals surface area contributed by atoms with Crippen LogP contribution in [0, 0.1) is 0 Å². The standard InChI is InChI=1S/C17H15NO/c19-16-10-15(12-6-2-1-3-7-12)17-14-9-5-4-8-13(14)11-18(16)17/h1-9,15,17H,10-11H2/t15-,17-/m0/s1. The summed E-state index contributed by atoms with van der Waals surface area (Å²) in [4.78, 5) is 14.3. The molecule has 1 fully saturated rings. The van der Waals surface area contributed by atoms with E-state index in [-0.39, 0.29) is 11.9 Å². The average Bonchev–Trinajstić information content (AvgIpc) is 2.98. The molecule has 2 nitrogen and oxygen atoms in total. The minimum absolute atomic E-state index is 0.242. The van der Waals surface area contributed by atoms with Crippen LogP contribution in [0.1, 0.15) is 35.1 Å². The molecule has 2 aliphatic heterocycles. The van der Waals surface area contributed by atoms with Gasteiger partial charge in [0.25, 0.3) is 0 Å². The van der Waals surface area contributed by atoms with Crippen molar-refractivity contribution in [2.45, 2.75) is 24.9 Å². The highest BCUT2D eigenvalue weighted by Crippen LogP contribution is 2.49. The van der Waals surface area contributed by atoms with E-state index in [0.29, 0.717) is 12.3 Å². The van der Waals surface area contributed by atoms with Gasteiger partial charge in [0.15, 0.2) is 0 Å². The predicted molar refractivity (Wildman–Crippen MR) is 73.5 cm³/mol. The van der Waals surface area contributed by atoms with E-state index in [1.807, 2.05) is 11.0 Å². The van der Waals surface area contributed by atoms with Gasteiger partial charge in [0.1, 0.15) is 0 Å². The Morgan fingerprint density at radius 1 is 0.947 bits per heavy atom. The van der Waals surface area contributed by atoms with Crippen molar-refractivity contribution in [3.05, 3.63) is 71.3 Å². The Morgan fingerprint density at radius 3 is 2.53 bits per heavy atom. The molecule has 4 rings (SSSR count). The van der Waals surface area contributed by atoms with Gasteiger partial charge in [-0.25, -0.2) is 0 Å². The smallest absolute Gasteiger partial charge is 0.224 e. The zero-order chi connectivity index (χ0) is 12.8. The molecule has 0 aromatic heterocycles. The van der Waals surface area contributed by atoms with Crippen LogP contribution in [0.4, 0.5) is 0 Å². The van der Waals surface area contributed by atoms with Gasteiger partial charge in [0.2, 0.25) is 5.91 Å². The lowest BCUT2D eigenvalue weighted by molar-refractivity contribution is -0.129. The van der Waals surface area contributed by atoms with Crippen LogP contribution < -0.4 is 0 Å². The zero-order valence-electron chi connectivity index (χ0n) is 10.6. The van der Waals surface area contributed by atoms with Gasteiger partial charge in [-0.05, 0) is 16.7 Å². The second kappa shape index (κ2) is 3.95. The first kappa shape index (κ1) is 10.8. The van der Waals surface area contributed by atoms with Crippen LogP contribution in [0.15, 0.2) is 54.6 Å². The van der Waals surface area contributed by atoms with Crippen molar-refractivity contribution in [1.82, 2.24) is 4.90 Å². The van der Waals surface area contributed by atoms with Crippen molar-refractivity contribution in [3.63, 3.8) is 0 Å². The van der Waals surface area contributed by atoms with Crippen LogP contribution in [0.2, 0.25) is 0 Å². The highest BCUT2D eigenvalue weighted by atomic mass is 16.2. The normalized spacial score (nSPS) is 24.4. The highest BCUT2D eigenvalue weighted by molar-refractivity contribution is 5.82. The molecule has 0 radical (unpaired) electrons. The summed E-state index contributed by atoms with van der Waals surface area (Å²) in [6.07, 6.45) is 0.642. The van der Waals surface area contributed by atoms with Crippen molar-refractivity contribution >= 4 is 5.91 Å². The molecule has 1 amide bonds. The molecule has 94 valence electrons. The first-order chi connectivity index (χ1) is 9.34. The largest absolute Gasteiger partial charge is 0.331 e. The molecule has 1 saturated heterocycles. The van der Waals surface area contributed by atoms with E-state index in [9.17, 15) is 4.79 Å². The summed E-state index contributed by atoms with van der Waals surface area (Å²) >= 11 is 0. The molecule has 0 spiro atoms. The van der Waals surface area contributed by atoms with E-state index in [1.165, 1.54) is 16.7 Å². The molecule has 19 heavy (non-hydrogen) atoms. The van der Waals surface area contributed by atoms with Crippen molar-refractivity contribution in [3.8, 4) is 0 Å². The Balaban J connectivity index is 1.81. The van der Waals surface area contributed by atoms with Crippen LogP contribution in [0.3, 0.4) is 0 Å². The quantitative estimate of drug-likeness (QED) is 0.759. The van der Waals surface area contributed by atoms with Gasteiger partial charge in [-0.1, -0.05) is 54.6 Å². The maximum Gasteiger partial charge on any atom is 0.224 e. The maximum atomic E-state index is 12.2. The predicted octanol–water partition coefficient (Wildman–Crippen LogP) is 3.26. The number of amides is 1. The van der Waals surface area contributed by atoms with Crippen molar-refractivity contribution < 1.29 is 4.79 Å². The monoisotopic (exact) mass is 249 g/mol. The Bertz CT molecular complexity index is 635. The number of carbonyl (C=O) groups is 1. The summed E-state index contributed by atoms with van der Waals surface area (Å²) in [5.41, 5.74) is 3.92. The van der Waals surface area contributed by atoms with Crippen LogP contribution in [-0.2, 0) is 11.3 Å². The van der Waals surface area contributed by atoms with Crippen LogP contribution in [0.5, 0.6) is 0 Å². The summed E-state index contributed by atoms with van der Waals surface area (Å²) in [6.45, 7) is 0.781. The summed E-state index contributed by atoms with van der Waals surface area (Å²) in [7, 11) is 0. The molecule has 2 aliphatic rings. The van der Waals surface area contributed by atoms with Gasteiger partial charge < -0.3 is 4.90 Å². The Labute approximate surface area is 112 Å². The molecular weight excluding hydrogens is 234 g/mol.